The Morgan fingerprint density at radius 2 is 2.00 bits per heavy atom. The summed E-state index contributed by atoms with van der Waals surface area (Å²) < 4.78 is 20.7. The Hall–Kier alpha value is -3.13. The minimum atomic E-state index is -0.590. The molecule has 1 aromatic carbocycles. The van der Waals surface area contributed by atoms with Crippen LogP contribution in [-0.2, 0) is 22.7 Å². The lowest BCUT2D eigenvalue weighted by atomic mass is 10.2. The molecule has 8 heteroatoms. The number of esters is 2. The van der Waals surface area contributed by atoms with Gasteiger partial charge in [0.2, 0.25) is 5.76 Å². The van der Waals surface area contributed by atoms with Crippen molar-refractivity contribution in [3.63, 3.8) is 0 Å². The van der Waals surface area contributed by atoms with Gasteiger partial charge in [0, 0.05) is 5.38 Å². The summed E-state index contributed by atoms with van der Waals surface area (Å²) in [7, 11) is 1.26. The number of carbonyl (C=O) groups is 2. The van der Waals surface area contributed by atoms with E-state index in [0.717, 1.165) is 10.7 Å². The first kappa shape index (κ1) is 18.7. The fourth-order valence-corrected chi connectivity index (χ4v) is 2.83. The van der Waals surface area contributed by atoms with Gasteiger partial charge in [-0.15, -0.1) is 11.3 Å². The molecule has 0 radical (unpaired) electrons. The lowest BCUT2D eigenvalue weighted by Gasteiger charge is -2.07. The van der Waals surface area contributed by atoms with Gasteiger partial charge < -0.3 is 18.6 Å². The molecule has 7 nitrogen and oxygen atoms in total. The van der Waals surface area contributed by atoms with Gasteiger partial charge in [-0.05, 0) is 37.3 Å². The summed E-state index contributed by atoms with van der Waals surface area (Å²) in [5.41, 5.74) is 1.19. The molecule has 3 rings (SSSR count). The topological polar surface area (TPSA) is 87.9 Å². The van der Waals surface area contributed by atoms with Gasteiger partial charge >= 0.3 is 11.9 Å². The highest BCUT2D eigenvalue weighted by atomic mass is 32.1. The number of carbonyl (C=O) groups excluding carboxylic acids is 2. The van der Waals surface area contributed by atoms with Crippen LogP contribution in [0.1, 0.15) is 37.4 Å². The van der Waals surface area contributed by atoms with Crippen LogP contribution in [-0.4, -0.2) is 24.0 Å². The van der Waals surface area contributed by atoms with E-state index in [1.165, 1.54) is 13.2 Å². The van der Waals surface area contributed by atoms with E-state index >= 15 is 0 Å². The third-order valence-electron chi connectivity index (χ3n) is 3.52. The van der Waals surface area contributed by atoms with E-state index in [2.05, 4.69) is 9.72 Å². The van der Waals surface area contributed by atoms with Crippen LogP contribution >= 0.6 is 11.3 Å². The number of aryl methyl sites for hydroxylation is 1. The average molecular weight is 387 g/mol. The molecule has 0 saturated carbocycles. The Kier molecular flexibility index (Phi) is 5.87. The molecule has 140 valence electrons. The Balaban J connectivity index is 1.56. The monoisotopic (exact) mass is 387 g/mol. The number of thiazole rings is 1. The van der Waals surface area contributed by atoms with Crippen molar-refractivity contribution in [2.24, 2.45) is 0 Å². The molecule has 0 aliphatic carbocycles. The SMILES string of the molecule is COC(=O)c1ccc(COC(=O)c2cccc(OCc3csc(C)n3)c2)o1. The van der Waals surface area contributed by atoms with Gasteiger partial charge in [0.05, 0.1) is 23.4 Å². The van der Waals surface area contributed by atoms with E-state index in [-0.39, 0.29) is 12.4 Å². The van der Waals surface area contributed by atoms with Crippen molar-refractivity contribution in [1.82, 2.24) is 4.98 Å². The van der Waals surface area contributed by atoms with E-state index in [1.54, 1.807) is 41.7 Å². The van der Waals surface area contributed by atoms with E-state index in [1.807, 2.05) is 12.3 Å². The summed E-state index contributed by atoms with van der Waals surface area (Å²) in [5, 5.41) is 2.90. The molecular formula is C19H17NO6S. The van der Waals surface area contributed by atoms with Gasteiger partial charge in [-0.25, -0.2) is 14.6 Å². The van der Waals surface area contributed by atoms with Crippen LogP contribution in [0.4, 0.5) is 0 Å². The molecule has 2 aromatic heterocycles. The molecule has 3 aromatic rings. The Bertz CT molecular complexity index is 945. The highest BCUT2D eigenvalue weighted by Crippen LogP contribution is 2.18. The van der Waals surface area contributed by atoms with E-state index in [9.17, 15) is 9.59 Å². The normalized spacial score (nSPS) is 10.4. The first-order valence-electron chi connectivity index (χ1n) is 8.03. The third-order valence-corrected chi connectivity index (χ3v) is 4.34. The molecule has 2 heterocycles. The predicted octanol–water partition coefficient (Wildman–Crippen LogP) is 3.77. The minimum absolute atomic E-state index is 0.0521. The zero-order chi connectivity index (χ0) is 19.2. The van der Waals surface area contributed by atoms with Crippen molar-refractivity contribution in [3.8, 4) is 5.75 Å². The molecular weight excluding hydrogens is 370 g/mol. The van der Waals surface area contributed by atoms with Crippen LogP contribution < -0.4 is 4.74 Å². The van der Waals surface area contributed by atoms with E-state index < -0.39 is 11.9 Å². The lowest BCUT2D eigenvalue weighted by Crippen LogP contribution is -2.05. The number of furan rings is 1. The average Bonchev–Trinajstić information content (AvgIpc) is 3.33. The molecule has 0 saturated heterocycles. The van der Waals surface area contributed by atoms with Crippen molar-refractivity contribution >= 4 is 23.3 Å². The number of benzene rings is 1. The zero-order valence-corrected chi connectivity index (χ0v) is 15.6. The summed E-state index contributed by atoms with van der Waals surface area (Å²) in [5.74, 6) is -0.180. The van der Waals surface area contributed by atoms with Gasteiger partial charge in [-0.3, -0.25) is 0 Å². The second kappa shape index (κ2) is 8.50. The van der Waals surface area contributed by atoms with Gasteiger partial charge in [-0.2, -0.15) is 0 Å². The maximum Gasteiger partial charge on any atom is 0.373 e. The smallest absolute Gasteiger partial charge is 0.373 e. The molecule has 27 heavy (non-hydrogen) atoms. The second-order valence-corrected chi connectivity index (χ2v) is 6.57. The summed E-state index contributed by atoms with van der Waals surface area (Å²) in [6.45, 7) is 2.16. The minimum Gasteiger partial charge on any atom is -0.487 e. The van der Waals surface area contributed by atoms with Gasteiger partial charge in [0.15, 0.2) is 0 Å². The van der Waals surface area contributed by atoms with Crippen LogP contribution in [0.25, 0.3) is 0 Å². The zero-order valence-electron chi connectivity index (χ0n) is 14.8. The molecule has 0 atom stereocenters. The van der Waals surface area contributed by atoms with Gasteiger partial charge in [-0.1, -0.05) is 6.07 Å². The van der Waals surface area contributed by atoms with Crippen LogP contribution in [0.3, 0.4) is 0 Å². The third kappa shape index (κ3) is 4.95. The maximum atomic E-state index is 12.2. The molecule has 0 amide bonds. The fourth-order valence-electron chi connectivity index (χ4n) is 2.23. The number of hydrogen-bond acceptors (Lipinski definition) is 8. The van der Waals surface area contributed by atoms with Crippen LogP contribution in [0.5, 0.6) is 5.75 Å². The maximum absolute atomic E-state index is 12.2. The van der Waals surface area contributed by atoms with Crippen molar-refractivity contribution in [1.29, 1.82) is 0 Å². The summed E-state index contributed by atoms with van der Waals surface area (Å²) in [6.07, 6.45) is 0. The van der Waals surface area contributed by atoms with Crippen LogP contribution in [0, 0.1) is 6.92 Å². The highest BCUT2D eigenvalue weighted by Gasteiger charge is 2.14. The molecule has 0 unspecified atom stereocenters. The number of aromatic nitrogens is 1. The summed E-state index contributed by atoms with van der Waals surface area (Å²) >= 11 is 1.55. The van der Waals surface area contributed by atoms with Gasteiger partial charge in [0.25, 0.3) is 0 Å². The second-order valence-electron chi connectivity index (χ2n) is 5.51. The molecule has 0 aliphatic heterocycles. The molecule has 0 spiro atoms. The number of methoxy groups -OCH3 is 1. The van der Waals surface area contributed by atoms with Gasteiger partial charge in [0.1, 0.15) is 24.7 Å². The highest BCUT2D eigenvalue weighted by molar-refractivity contribution is 7.09. The molecule has 0 fully saturated rings. The number of ether oxygens (including phenoxy) is 3. The first-order chi connectivity index (χ1) is 13.0. The summed E-state index contributed by atoms with van der Waals surface area (Å²) in [6, 6.07) is 9.71. The van der Waals surface area contributed by atoms with E-state index in [4.69, 9.17) is 13.9 Å². The number of rotatable bonds is 7. The number of nitrogens with zero attached hydrogens (tertiary/aromatic N) is 1. The summed E-state index contributed by atoms with van der Waals surface area (Å²) in [4.78, 5) is 27.9. The fraction of sp³-hybridized carbons (Fsp3) is 0.211. The van der Waals surface area contributed by atoms with Crippen molar-refractivity contribution in [3.05, 3.63) is 69.6 Å². The molecule has 0 bridgehead atoms. The van der Waals surface area contributed by atoms with Crippen molar-refractivity contribution < 1.29 is 28.2 Å². The predicted molar refractivity (Wildman–Crippen MR) is 96.8 cm³/mol. The quantitative estimate of drug-likeness (QED) is 0.570. The first-order valence-corrected chi connectivity index (χ1v) is 8.91. The van der Waals surface area contributed by atoms with Crippen molar-refractivity contribution in [2.75, 3.05) is 7.11 Å². The standard InChI is InChI=1S/C19H17NO6S/c1-12-20-14(11-27-12)9-24-15-5-3-4-13(8-15)18(21)25-10-16-6-7-17(26-16)19(22)23-2/h3-8,11H,9-10H2,1-2H3. The Labute approximate surface area is 159 Å². The van der Waals surface area contributed by atoms with Crippen LogP contribution in [0.15, 0.2) is 46.2 Å². The largest absolute Gasteiger partial charge is 0.487 e. The Morgan fingerprint density at radius 3 is 2.74 bits per heavy atom. The Morgan fingerprint density at radius 1 is 1.15 bits per heavy atom. The van der Waals surface area contributed by atoms with Crippen LogP contribution in [0.2, 0.25) is 0 Å². The lowest BCUT2D eigenvalue weighted by molar-refractivity contribution is 0.0438. The molecule has 0 N–H and O–H groups in total. The molecule has 0 aliphatic rings. The van der Waals surface area contributed by atoms with Crippen molar-refractivity contribution in [2.45, 2.75) is 20.1 Å². The number of hydrogen-bond donors (Lipinski definition) is 0. The van der Waals surface area contributed by atoms with E-state index in [0.29, 0.717) is 23.7 Å².